The van der Waals surface area contributed by atoms with Crippen LogP contribution in [0, 0.1) is 0 Å². The van der Waals surface area contributed by atoms with Crippen LogP contribution in [0.1, 0.15) is 25.7 Å². The highest BCUT2D eigenvalue weighted by atomic mass is 35.5. The average Bonchev–Trinajstić information content (AvgIpc) is 3.24. The molecule has 2 N–H and O–H groups in total. The van der Waals surface area contributed by atoms with Crippen molar-refractivity contribution in [3.63, 3.8) is 0 Å². The zero-order valence-corrected chi connectivity index (χ0v) is 14.0. The van der Waals surface area contributed by atoms with Crippen LogP contribution in [0.5, 0.6) is 0 Å². The van der Waals surface area contributed by atoms with Crippen LogP contribution in [0.4, 0.5) is 10.5 Å². The molecule has 128 valence electrons. The smallest absolute Gasteiger partial charge is 0.315 e. The molecule has 6 nitrogen and oxygen atoms in total. The summed E-state index contributed by atoms with van der Waals surface area (Å²) in [5.41, 5.74) is 0.763. The molecule has 3 saturated heterocycles. The standard InChI is InChI=1S/C17H20ClN3O3/c18-10-2-1-3-11(8-10)21-7-6-13(16(21)22)19-17(23)20-14-9-12-4-5-15(14)24-12/h1-3,8,12-15H,4-7,9H2,(H2,19,20,23)/t12-,13+,14-,15+/m1/s1. The summed E-state index contributed by atoms with van der Waals surface area (Å²) in [6.07, 6.45) is 3.95. The number of ether oxygens (including phenoxy) is 1. The van der Waals surface area contributed by atoms with Crippen LogP contribution < -0.4 is 15.5 Å². The topological polar surface area (TPSA) is 70.7 Å². The van der Waals surface area contributed by atoms with Crippen molar-refractivity contribution in [1.82, 2.24) is 10.6 Å². The van der Waals surface area contributed by atoms with Crippen molar-refractivity contribution in [2.24, 2.45) is 0 Å². The number of nitrogens with one attached hydrogen (secondary N) is 2. The molecule has 4 atom stereocenters. The number of rotatable bonds is 3. The Morgan fingerprint density at radius 1 is 1.25 bits per heavy atom. The summed E-state index contributed by atoms with van der Waals surface area (Å²) in [5, 5.41) is 6.34. The highest BCUT2D eigenvalue weighted by molar-refractivity contribution is 6.31. The molecule has 0 radical (unpaired) electrons. The van der Waals surface area contributed by atoms with E-state index in [4.69, 9.17) is 16.3 Å². The third-order valence-electron chi connectivity index (χ3n) is 5.05. The molecule has 1 aromatic carbocycles. The molecule has 0 aromatic heterocycles. The molecule has 0 saturated carbocycles. The van der Waals surface area contributed by atoms with Gasteiger partial charge in [-0.05, 0) is 43.9 Å². The predicted octanol–water partition coefficient (Wildman–Crippen LogP) is 2.06. The Balaban J connectivity index is 1.34. The molecule has 24 heavy (non-hydrogen) atoms. The van der Waals surface area contributed by atoms with Gasteiger partial charge in [-0.2, -0.15) is 0 Å². The molecule has 3 aliphatic rings. The molecule has 7 heteroatoms. The number of urea groups is 1. The minimum Gasteiger partial charge on any atom is -0.373 e. The molecule has 0 aliphatic carbocycles. The Kier molecular flexibility index (Phi) is 4.10. The summed E-state index contributed by atoms with van der Waals surface area (Å²) in [6, 6.07) is 6.46. The maximum Gasteiger partial charge on any atom is 0.315 e. The van der Waals surface area contributed by atoms with Crippen molar-refractivity contribution in [1.29, 1.82) is 0 Å². The monoisotopic (exact) mass is 349 g/mol. The second-order valence-corrected chi connectivity index (χ2v) is 7.08. The number of anilines is 1. The van der Waals surface area contributed by atoms with E-state index in [2.05, 4.69) is 10.6 Å². The molecule has 3 aliphatic heterocycles. The lowest BCUT2D eigenvalue weighted by molar-refractivity contribution is -0.118. The van der Waals surface area contributed by atoms with Crippen LogP contribution in [0.15, 0.2) is 24.3 Å². The molecular formula is C17H20ClN3O3. The lowest BCUT2D eigenvalue weighted by Gasteiger charge is -2.22. The summed E-state index contributed by atoms with van der Waals surface area (Å²) in [7, 11) is 0. The molecule has 4 rings (SSSR count). The maximum atomic E-state index is 12.5. The van der Waals surface area contributed by atoms with E-state index in [1.165, 1.54) is 0 Å². The normalized spacial score (nSPS) is 31.5. The fourth-order valence-corrected chi connectivity index (χ4v) is 4.06. The first kappa shape index (κ1) is 15.7. The first-order valence-corrected chi connectivity index (χ1v) is 8.77. The lowest BCUT2D eigenvalue weighted by atomic mass is 9.96. The number of benzene rings is 1. The van der Waals surface area contributed by atoms with Crippen LogP contribution in [0.25, 0.3) is 0 Å². The number of hydrogen-bond acceptors (Lipinski definition) is 3. The van der Waals surface area contributed by atoms with Gasteiger partial charge in [0, 0.05) is 17.3 Å². The Bertz CT molecular complexity index is 668. The molecule has 3 fully saturated rings. The number of nitrogens with zero attached hydrogens (tertiary/aromatic N) is 1. The van der Waals surface area contributed by atoms with Gasteiger partial charge in [-0.25, -0.2) is 4.79 Å². The fourth-order valence-electron chi connectivity index (χ4n) is 3.87. The Hall–Kier alpha value is -1.79. The van der Waals surface area contributed by atoms with Gasteiger partial charge in [0.2, 0.25) is 5.91 Å². The van der Waals surface area contributed by atoms with E-state index in [0.717, 1.165) is 24.9 Å². The molecule has 2 bridgehead atoms. The van der Waals surface area contributed by atoms with Crippen molar-refractivity contribution in [2.75, 3.05) is 11.4 Å². The van der Waals surface area contributed by atoms with E-state index in [0.29, 0.717) is 18.0 Å². The maximum absolute atomic E-state index is 12.5. The van der Waals surface area contributed by atoms with Gasteiger partial charge >= 0.3 is 6.03 Å². The Morgan fingerprint density at radius 2 is 2.12 bits per heavy atom. The van der Waals surface area contributed by atoms with Crippen LogP contribution in [-0.2, 0) is 9.53 Å². The summed E-state index contributed by atoms with van der Waals surface area (Å²) < 4.78 is 5.73. The summed E-state index contributed by atoms with van der Waals surface area (Å²) in [5.74, 6) is -0.100. The predicted molar refractivity (Wildman–Crippen MR) is 90.2 cm³/mol. The first-order chi connectivity index (χ1) is 11.6. The quantitative estimate of drug-likeness (QED) is 0.877. The van der Waals surface area contributed by atoms with E-state index in [1.54, 1.807) is 17.0 Å². The fraction of sp³-hybridized carbons (Fsp3) is 0.529. The zero-order valence-electron chi connectivity index (χ0n) is 13.2. The molecule has 3 amide bonds. The molecule has 3 heterocycles. The lowest BCUT2D eigenvalue weighted by Crippen LogP contribution is -2.51. The third kappa shape index (κ3) is 2.96. The first-order valence-electron chi connectivity index (χ1n) is 8.39. The molecule has 0 unspecified atom stereocenters. The molecular weight excluding hydrogens is 330 g/mol. The minimum absolute atomic E-state index is 0.0595. The molecule has 0 spiro atoms. The van der Waals surface area contributed by atoms with Gasteiger partial charge in [-0.1, -0.05) is 17.7 Å². The van der Waals surface area contributed by atoms with Crippen LogP contribution in [-0.4, -0.2) is 42.8 Å². The van der Waals surface area contributed by atoms with Crippen molar-refractivity contribution >= 4 is 29.2 Å². The van der Waals surface area contributed by atoms with E-state index in [-0.39, 0.29) is 30.2 Å². The van der Waals surface area contributed by atoms with E-state index in [1.807, 2.05) is 12.1 Å². The van der Waals surface area contributed by atoms with E-state index in [9.17, 15) is 9.59 Å². The zero-order chi connectivity index (χ0) is 16.7. The van der Waals surface area contributed by atoms with Crippen molar-refractivity contribution in [3.05, 3.63) is 29.3 Å². The number of hydrogen-bond donors (Lipinski definition) is 2. The number of fused-ring (bicyclic) bond motifs is 2. The Morgan fingerprint density at radius 3 is 2.83 bits per heavy atom. The minimum atomic E-state index is -0.497. The third-order valence-corrected chi connectivity index (χ3v) is 5.29. The summed E-state index contributed by atoms with van der Waals surface area (Å²) in [6.45, 7) is 0.571. The molecule has 1 aromatic rings. The van der Waals surface area contributed by atoms with Crippen molar-refractivity contribution in [2.45, 2.75) is 50.0 Å². The average molecular weight is 350 g/mol. The Labute approximate surface area is 145 Å². The van der Waals surface area contributed by atoms with Gasteiger partial charge < -0.3 is 20.3 Å². The van der Waals surface area contributed by atoms with Crippen LogP contribution >= 0.6 is 11.6 Å². The second kappa shape index (κ2) is 6.26. The number of amides is 3. The highest BCUT2D eigenvalue weighted by Crippen LogP contribution is 2.34. The number of halogens is 1. The van der Waals surface area contributed by atoms with Crippen molar-refractivity contribution < 1.29 is 14.3 Å². The van der Waals surface area contributed by atoms with Crippen LogP contribution in [0.2, 0.25) is 5.02 Å². The second-order valence-electron chi connectivity index (χ2n) is 6.64. The SMILES string of the molecule is O=C(N[C@H]1CCN(c2cccc(Cl)c2)C1=O)N[C@@H]1C[C@H]2CC[C@@H]1O2. The summed E-state index contributed by atoms with van der Waals surface area (Å²) in [4.78, 5) is 26.4. The van der Waals surface area contributed by atoms with E-state index >= 15 is 0 Å². The summed E-state index contributed by atoms with van der Waals surface area (Å²) >= 11 is 5.99. The van der Waals surface area contributed by atoms with Gasteiger partial charge in [0.05, 0.1) is 18.2 Å². The largest absolute Gasteiger partial charge is 0.373 e. The number of carbonyl (C=O) groups excluding carboxylic acids is 2. The van der Waals surface area contributed by atoms with Gasteiger partial charge in [0.25, 0.3) is 0 Å². The number of carbonyl (C=O) groups is 2. The van der Waals surface area contributed by atoms with Crippen molar-refractivity contribution in [3.8, 4) is 0 Å². The van der Waals surface area contributed by atoms with Gasteiger partial charge in [-0.3, -0.25) is 4.79 Å². The van der Waals surface area contributed by atoms with E-state index < -0.39 is 6.04 Å². The highest BCUT2D eigenvalue weighted by Gasteiger charge is 2.42. The van der Waals surface area contributed by atoms with Gasteiger partial charge in [0.1, 0.15) is 6.04 Å². The van der Waals surface area contributed by atoms with Gasteiger partial charge in [0.15, 0.2) is 0 Å². The van der Waals surface area contributed by atoms with Crippen LogP contribution in [0.3, 0.4) is 0 Å². The van der Waals surface area contributed by atoms with Gasteiger partial charge in [-0.15, -0.1) is 0 Å².